The van der Waals surface area contributed by atoms with Crippen LogP contribution in [0.3, 0.4) is 0 Å². The summed E-state index contributed by atoms with van der Waals surface area (Å²) < 4.78 is 0. The van der Waals surface area contributed by atoms with Crippen molar-refractivity contribution >= 4 is 39.5 Å². The first kappa shape index (κ1) is 10.5. The van der Waals surface area contributed by atoms with Crippen LogP contribution in [0.4, 0.5) is 11.8 Å². The van der Waals surface area contributed by atoms with Gasteiger partial charge in [-0.2, -0.15) is 4.98 Å². The lowest BCUT2D eigenvalue weighted by atomic mass is 10.1. The summed E-state index contributed by atoms with van der Waals surface area (Å²) in [5.41, 5.74) is 7.63. The van der Waals surface area contributed by atoms with Gasteiger partial charge in [-0.05, 0) is 18.2 Å². The molecule has 0 aliphatic carbocycles. The van der Waals surface area contributed by atoms with Crippen LogP contribution in [0.25, 0.3) is 21.8 Å². The minimum Gasteiger partial charge on any atom is -0.383 e. The second-order valence-corrected chi connectivity index (χ2v) is 4.02. The van der Waals surface area contributed by atoms with Crippen molar-refractivity contribution in [1.29, 1.82) is 0 Å². The van der Waals surface area contributed by atoms with E-state index in [2.05, 4.69) is 20.3 Å². The van der Waals surface area contributed by atoms with E-state index in [0.717, 1.165) is 21.8 Å². The van der Waals surface area contributed by atoms with E-state index in [9.17, 15) is 4.79 Å². The highest BCUT2D eigenvalue weighted by Crippen LogP contribution is 2.27. The third kappa shape index (κ3) is 1.55. The van der Waals surface area contributed by atoms with Crippen LogP contribution in [-0.4, -0.2) is 20.9 Å². The Balaban J connectivity index is 2.31. The second-order valence-electron chi connectivity index (χ2n) is 4.02. The van der Waals surface area contributed by atoms with Gasteiger partial charge in [0.2, 0.25) is 11.9 Å². The lowest BCUT2D eigenvalue weighted by Gasteiger charge is -2.07. The van der Waals surface area contributed by atoms with Crippen LogP contribution in [0, 0.1) is 0 Å². The highest BCUT2D eigenvalue weighted by molar-refractivity contribution is 6.10. The Hall–Kier alpha value is -2.63. The van der Waals surface area contributed by atoms with Crippen molar-refractivity contribution in [2.24, 2.45) is 0 Å². The number of benzene rings is 1. The van der Waals surface area contributed by atoms with E-state index >= 15 is 0 Å². The smallest absolute Gasteiger partial charge is 0.223 e. The predicted molar refractivity (Wildman–Crippen MR) is 70.1 cm³/mol. The molecule has 1 aromatic carbocycles. The molecule has 2 heterocycles. The van der Waals surface area contributed by atoms with E-state index in [1.165, 1.54) is 6.92 Å². The molecule has 0 aliphatic heterocycles. The highest BCUT2D eigenvalue weighted by atomic mass is 16.1. The Morgan fingerprint density at radius 1 is 1.39 bits per heavy atom. The molecule has 0 saturated carbocycles. The van der Waals surface area contributed by atoms with Crippen LogP contribution in [0.1, 0.15) is 6.92 Å². The maximum atomic E-state index is 11.0. The van der Waals surface area contributed by atoms with Gasteiger partial charge in [0.05, 0.1) is 11.0 Å². The number of nitrogen functional groups attached to an aromatic ring is 1. The minimum atomic E-state index is -0.200. The predicted octanol–water partition coefficient (Wildman–Crippen LogP) is 1.65. The topological polar surface area (TPSA) is 96.7 Å². The second kappa shape index (κ2) is 3.69. The molecule has 0 spiro atoms. The SMILES string of the molecule is CC(=O)Nc1nc(N)c2c(ccc3nccc32)[nH]1. The molecule has 90 valence electrons. The van der Waals surface area contributed by atoms with E-state index in [1.54, 1.807) is 6.20 Å². The van der Waals surface area contributed by atoms with Crippen molar-refractivity contribution < 1.29 is 4.79 Å². The lowest BCUT2D eigenvalue weighted by Crippen LogP contribution is -2.10. The van der Waals surface area contributed by atoms with Crippen LogP contribution in [0.5, 0.6) is 0 Å². The Bertz CT molecular complexity index is 762. The Morgan fingerprint density at radius 3 is 3.00 bits per heavy atom. The Morgan fingerprint density at radius 2 is 2.22 bits per heavy atom. The molecular weight excluding hydrogens is 230 g/mol. The number of amides is 1. The van der Waals surface area contributed by atoms with Gasteiger partial charge in [0.15, 0.2) is 0 Å². The van der Waals surface area contributed by atoms with Gasteiger partial charge in [0.1, 0.15) is 5.82 Å². The summed E-state index contributed by atoms with van der Waals surface area (Å²) in [5.74, 6) is 0.506. The van der Waals surface area contributed by atoms with Gasteiger partial charge >= 0.3 is 0 Å². The van der Waals surface area contributed by atoms with Crippen LogP contribution in [0.2, 0.25) is 0 Å². The summed E-state index contributed by atoms with van der Waals surface area (Å²) in [5, 5.41) is 4.34. The van der Waals surface area contributed by atoms with Gasteiger partial charge < -0.3 is 10.7 Å². The molecule has 0 fully saturated rings. The van der Waals surface area contributed by atoms with Gasteiger partial charge in [-0.1, -0.05) is 0 Å². The molecule has 0 atom stereocenters. The number of H-pyrrole nitrogens is 1. The van der Waals surface area contributed by atoms with Gasteiger partial charge in [-0.3, -0.25) is 15.1 Å². The van der Waals surface area contributed by atoms with Crippen molar-refractivity contribution in [3.63, 3.8) is 0 Å². The average Bonchev–Trinajstić information content (AvgIpc) is 2.75. The lowest BCUT2D eigenvalue weighted by molar-refractivity contribution is -0.114. The molecule has 0 radical (unpaired) electrons. The fourth-order valence-electron chi connectivity index (χ4n) is 2.02. The van der Waals surface area contributed by atoms with Crippen molar-refractivity contribution in [2.75, 3.05) is 11.1 Å². The number of aromatic amines is 1. The van der Waals surface area contributed by atoms with Crippen LogP contribution in [0.15, 0.2) is 24.4 Å². The Labute approximate surface area is 102 Å². The highest BCUT2D eigenvalue weighted by Gasteiger charge is 2.09. The maximum Gasteiger partial charge on any atom is 0.223 e. The molecule has 0 aliphatic rings. The standard InChI is InChI=1S/C12H11N5O/c1-6(18)15-12-16-9-3-2-8-7(4-5-14-8)10(9)11(13)17-12/h2-5H,13H2,1H3,(H2,15,16,17,18). The zero-order valence-electron chi connectivity index (χ0n) is 9.69. The molecular formula is C12H11N5O. The summed E-state index contributed by atoms with van der Waals surface area (Å²) in [7, 11) is 0. The third-order valence-electron chi connectivity index (χ3n) is 2.71. The van der Waals surface area contributed by atoms with Crippen LogP contribution in [-0.2, 0) is 4.79 Å². The number of carbonyl (C=O) groups excluding carboxylic acids is 1. The number of nitrogens with one attached hydrogen (secondary N) is 2. The Kier molecular flexibility index (Phi) is 2.16. The first-order chi connectivity index (χ1) is 8.65. The normalized spacial score (nSPS) is 10.9. The molecule has 3 rings (SSSR count). The fraction of sp³-hybridized carbons (Fsp3) is 0.0833. The number of hydrogen-bond acceptors (Lipinski definition) is 4. The van der Waals surface area contributed by atoms with E-state index in [0.29, 0.717) is 11.8 Å². The molecule has 0 bridgehead atoms. The fourth-order valence-corrected chi connectivity index (χ4v) is 2.02. The zero-order valence-corrected chi connectivity index (χ0v) is 9.69. The molecule has 6 nitrogen and oxygen atoms in total. The first-order valence-electron chi connectivity index (χ1n) is 5.45. The number of nitrogens with two attached hydrogens (primary N) is 1. The minimum absolute atomic E-state index is 0.200. The summed E-state index contributed by atoms with van der Waals surface area (Å²) in [4.78, 5) is 22.4. The summed E-state index contributed by atoms with van der Waals surface area (Å²) >= 11 is 0. The van der Waals surface area contributed by atoms with Gasteiger partial charge in [-0.15, -0.1) is 0 Å². The van der Waals surface area contributed by atoms with E-state index in [4.69, 9.17) is 5.73 Å². The molecule has 1 amide bonds. The number of aromatic nitrogens is 3. The molecule has 6 heteroatoms. The summed E-state index contributed by atoms with van der Waals surface area (Å²) in [6, 6.07) is 5.65. The van der Waals surface area contributed by atoms with Crippen LogP contribution >= 0.6 is 0 Å². The van der Waals surface area contributed by atoms with Crippen molar-refractivity contribution in [3.05, 3.63) is 24.4 Å². The molecule has 2 aromatic heterocycles. The average molecular weight is 241 g/mol. The van der Waals surface area contributed by atoms with Crippen molar-refractivity contribution in [3.8, 4) is 0 Å². The molecule has 3 aromatic rings. The number of fused-ring (bicyclic) bond motifs is 3. The number of hydrogen-bond donors (Lipinski definition) is 3. The van der Waals surface area contributed by atoms with E-state index in [1.807, 2.05) is 18.2 Å². The van der Waals surface area contributed by atoms with Crippen LogP contribution < -0.4 is 11.1 Å². The third-order valence-corrected chi connectivity index (χ3v) is 2.71. The first-order valence-corrected chi connectivity index (χ1v) is 5.45. The van der Waals surface area contributed by atoms with E-state index < -0.39 is 0 Å². The van der Waals surface area contributed by atoms with Crippen molar-refractivity contribution in [2.45, 2.75) is 6.92 Å². The largest absolute Gasteiger partial charge is 0.383 e. The van der Waals surface area contributed by atoms with Gasteiger partial charge in [0, 0.05) is 23.9 Å². The summed E-state index contributed by atoms with van der Waals surface area (Å²) in [6.45, 7) is 1.42. The van der Waals surface area contributed by atoms with Gasteiger partial charge in [-0.25, -0.2) is 0 Å². The summed E-state index contributed by atoms with van der Waals surface area (Å²) in [6.07, 6.45) is 1.73. The number of rotatable bonds is 1. The maximum absolute atomic E-state index is 11.0. The monoisotopic (exact) mass is 241 g/mol. The molecule has 18 heavy (non-hydrogen) atoms. The molecule has 0 unspecified atom stereocenters. The molecule has 4 N–H and O–H groups in total. The number of anilines is 2. The number of carbonyl (C=O) groups is 1. The quantitative estimate of drug-likeness (QED) is 0.603. The van der Waals surface area contributed by atoms with E-state index in [-0.39, 0.29) is 5.91 Å². The number of nitrogens with zero attached hydrogens (tertiary/aromatic N) is 2. The van der Waals surface area contributed by atoms with Crippen molar-refractivity contribution in [1.82, 2.24) is 15.0 Å². The van der Waals surface area contributed by atoms with Gasteiger partial charge in [0.25, 0.3) is 0 Å². The molecule has 0 saturated heterocycles. The zero-order chi connectivity index (χ0) is 12.7.